The molecule has 142 valence electrons. The van der Waals surface area contributed by atoms with E-state index < -0.39 is 5.97 Å². The highest BCUT2D eigenvalue weighted by Gasteiger charge is 2.17. The Bertz CT molecular complexity index is 1180. The molecular weight excluding hydrogens is 440 g/mol. The number of carbonyl (C=O) groups excluding carboxylic acids is 1. The van der Waals surface area contributed by atoms with Crippen molar-refractivity contribution in [3.63, 3.8) is 0 Å². The molecule has 2 aromatic heterocycles. The summed E-state index contributed by atoms with van der Waals surface area (Å²) in [7, 11) is 0. The van der Waals surface area contributed by atoms with Crippen LogP contribution in [-0.4, -0.2) is 31.5 Å². The van der Waals surface area contributed by atoms with Crippen LogP contribution in [0.4, 0.5) is 0 Å². The van der Waals surface area contributed by atoms with E-state index in [1.807, 2.05) is 47.9 Å². The summed E-state index contributed by atoms with van der Waals surface area (Å²) in [4.78, 5) is 14.3. The van der Waals surface area contributed by atoms with Crippen LogP contribution in [0.5, 0.6) is 0 Å². The third-order valence-corrected chi connectivity index (χ3v) is 6.03. The van der Waals surface area contributed by atoms with Gasteiger partial charge in [0.25, 0.3) is 0 Å². The van der Waals surface area contributed by atoms with Crippen molar-refractivity contribution in [1.82, 2.24) is 19.7 Å². The van der Waals surface area contributed by atoms with Crippen molar-refractivity contribution in [3.05, 3.63) is 58.2 Å². The fraction of sp³-hybridized carbons (Fsp3) is 0.150. The van der Waals surface area contributed by atoms with Gasteiger partial charge in [-0.15, -0.1) is 10.2 Å². The van der Waals surface area contributed by atoms with E-state index in [4.69, 9.17) is 0 Å². The van der Waals surface area contributed by atoms with Gasteiger partial charge in [-0.1, -0.05) is 27.7 Å². The first-order valence-corrected chi connectivity index (χ1v) is 10.3. The van der Waals surface area contributed by atoms with E-state index in [1.54, 1.807) is 0 Å². The fourth-order valence-electron chi connectivity index (χ4n) is 3.10. The van der Waals surface area contributed by atoms with E-state index >= 15 is 0 Å². The summed E-state index contributed by atoms with van der Waals surface area (Å²) in [5.74, 6) is -0.677. The predicted octanol–water partition coefficient (Wildman–Crippen LogP) is 3.64. The zero-order chi connectivity index (χ0) is 19.8. The third kappa shape index (κ3) is 3.45. The number of aliphatic carboxylic acids is 1. The van der Waals surface area contributed by atoms with Crippen LogP contribution in [0.25, 0.3) is 28.0 Å². The molecule has 0 aliphatic rings. The van der Waals surface area contributed by atoms with Crippen molar-refractivity contribution in [2.24, 2.45) is 0 Å². The maximum atomic E-state index is 10.9. The quantitative estimate of drug-likeness (QED) is 0.464. The number of carboxylic acids is 1. The number of aryl methyl sites for hydroxylation is 2. The number of hydrogen-bond donors (Lipinski definition) is 1. The summed E-state index contributed by atoms with van der Waals surface area (Å²) in [5, 5.41) is 21.2. The Balaban J connectivity index is 1.87. The maximum absolute atomic E-state index is 10.9. The molecule has 0 bridgehead atoms. The highest BCUT2D eigenvalue weighted by Crippen LogP contribution is 2.31. The first-order valence-electron chi connectivity index (χ1n) is 8.57. The smallest absolute Gasteiger partial charge is 0.196 e. The van der Waals surface area contributed by atoms with Crippen LogP contribution >= 0.6 is 27.7 Å². The minimum atomic E-state index is -1.14. The highest BCUT2D eigenvalue weighted by atomic mass is 79.9. The fourth-order valence-corrected chi connectivity index (χ4v) is 4.03. The Morgan fingerprint density at radius 1 is 1.18 bits per heavy atom. The molecule has 0 amide bonds. The summed E-state index contributed by atoms with van der Waals surface area (Å²) in [6.07, 6.45) is 0. The van der Waals surface area contributed by atoms with E-state index in [0.29, 0.717) is 11.0 Å². The molecule has 28 heavy (non-hydrogen) atoms. The molecule has 0 aliphatic carbocycles. The molecule has 4 aromatic rings. The lowest BCUT2D eigenvalue weighted by atomic mass is 10.1. The largest absolute Gasteiger partial charge is 0.549 e. The summed E-state index contributed by atoms with van der Waals surface area (Å²) in [5.41, 5.74) is 5.15. The molecule has 0 aliphatic heterocycles. The minimum Gasteiger partial charge on any atom is -0.549 e. The number of nitrogens with zero attached hydrogens (tertiary/aromatic N) is 3. The predicted molar refractivity (Wildman–Crippen MR) is 112 cm³/mol. The lowest BCUT2D eigenvalue weighted by Crippen LogP contribution is -2.24. The SMILES string of the molecule is Cc1[nH]c2ccc(-c3nnc(SCC(=O)[O-])n3-c3ccc(Br)cc3)cc2c1C. The Kier molecular flexibility index (Phi) is 4.99. The second kappa shape index (κ2) is 7.44. The van der Waals surface area contributed by atoms with Crippen molar-refractivity contribution in [1.29, 1.82) is 0 Å². The topological polar surface area (TPSA) is 86.6 Å². The number of carbonyl (C=O) groups is 1. The molecule has 1 N–H and O–H groups in total. The van der Waals surface area contributed by atoms with Gasteiger partial charge in [0, 0.05) is 38.1 Å². The average Bonchev–Trinajstić information content (AvgIpc) is 3.22. The Labute approximate surface area is 174 Å². The number of fused-ring (bicyclic) bond motifs is 1. The van der Waals surface area contributed by atoms with Gasteiger partial charge < -0.3 is 14.9 Å². The van der Waals surface area contributed by atoms with Crippen LogP contribution in [0.1, 0.15) is 11.3 Å². The first kappa shape index (κ1) is 18.8. The molecule has 0 saturated heterocycles. The lowest BCUT2D eigenvalue weighted by molar-refractivity contribution is -0.301. The molecule has 4 rings (SSSR count). The highest BCUT2D eigenvalue weighted by molar-refractivity contribution is 9.10. The first-order chi connectivity index (χ1) is 13.4. The summed E-state index contributed by atoms with van der Waals surface area (Å²) in [6, 6.07) is 13.8. The van der Waals surface area contributed by atoms with Crippen LogP contribution in [0.15, 0.2) is 52.1 Å². The minimum absolute atomic E-state index is 0.191. The van der Waals surface area contributed by atoms with Gasteiger partial charge in [-0.3, -0.25) is 4.57 Å². The average molecular weight is 456 g/mol. The number of hydrogen-bond acceptors (Lipinski definition) is 5. The lowest BCUT2D eigenvalue weighted by Gasteiger charge is -2.11. The van der Waals surface area contributed by atoms with E-state index in [-0.39, 0.29) is 5.75 Å². The molecule has 6 nitrogen and oxygen atoms in total. The Morgan fingerprint density at radius 2 is 1.93 bits per heavy atom. The third-order valence-electron chi connectivity index (χ3n) is 4.60. The molecule has 8 heteroatoms. The van der Waals surface area contributed by atoms with E-state index in [1.165, 1.54) is 5.56 Å². The van der Waals surface area contributed by atoms with Crippen LogP contribution in [-0.2, 0) is 4.79 Å². The number of aromatic nitrogens is 4. The summed E-state index contributed by atoms with van der Waals surface area (Å²) >= 11 is 4.53. The van der Waals surface area contributed by atoms with Crippen molar-refractivity contribution < 1.29 is 9.90 Å². The van der Waals surface area contributed by atoms with Crippen molar-refractivity contribution in [2.75, 3.05) is 5.75 Å². The van der Waals surface area contributed by atoms with Gasteiger partial charge >= 0.3 is 0 Å². The van der Waals surface area contributed by atoms with Crippen molar-refractivity contribution >= 4 is 44.6 Å². The molecule has 0 saturated carbocycles. The van der Waals surface area contributed by atoms with Crippen LogP contribution in [0.3, 0.4) is 0 Å². The number of thioether (sulfide) groups is 1. The van der Waals surface area contributed by atoms with Gasteiger partial charge in [-0.25, -0.2) is 0 Å². The second-order valence-electron chi connectivity index (χ2n) is 6.41. The summed E-state index contributed by atoms with van der Waals surface area (Å²) in [6.45, 7) is 4.13. The van der Waals surface area contributed by atoms with Crippen LogP contribution < -0.4 is 5.11 Å². The molecule has 0 atom stereocenters. The molecule has 0 spiro atoms. The molecule has 2 heterocycles. The molecule has 2 aromatic carbocycles. The van der Waals surface area contributed by atoms with Gasteiger partial charge in [0.05, 0.1) is 5.97 Å². The number of rotatable bonds is 5. The Hall–Kier alpha value is -2.58. The monoisotopic (exact) mass is 455 g/mol. The zero-order valence-electron chi connectivity index (χ0n) is 15.2. The van der Waals surface area contributed by atoms with E-state index in [0.717, 1.165) is 44.1 Å². The normalized spacial score (nSPS) is 11.2. The molecule has 0 radical (unpaired) electrons. The number of H-pyrrole nitrogens is 1. The van der Waals surface area contributed by atoms with Crippen molar-refractivity contribution in [2.45, 2.75) is 19.0 Å². The van der Waals surface area contributed by atoms with Crippen molar-refractivity contribution in [3.8, 4) is 17.1 Å². The number of nitrogens with one attached hydrogen (secondary N) is 1. The molecule has 0 fully saturated rings. The number of carboxylic acid groups (broad SMARTS) is 1. The van der Waals surface area contributed by atoms with E-state index in [9.17, 15) is 9.90 Å². The van der Waals surface area contributed by atoms with Crippen LogP contribution in [0.2, 0.25) is 0 Å². The number of halogens is 1. The molecular formula is C20H16BrN4O2S-. The molecule has 0 unspecified atom stereocenters. The number of aromatic amines is 1. The van der Waals surface area contributed by atoms with Gasteiger partial charge in [-0.05, 0) is 61.9 Å². The van der Waals surface area contributed by atoms with E-state index in [2.05, 4.69) is 44.1 Å². The van der Waals surface area contributed by atoms with Crippen LogP contribution in [0, 0.1) is 13.8 Å². The zero-order valence-corrected chi connectivity index (χ0v) is 17.6. The van der Waals surface area contributed by atoms with Gasteiger partial charge in [0.2, 0.25) is 0 Å². The standard InChI is InChI=1S/C20H17BrN4O2S/c1-11-12(2)22-17-8-3-13(9-16(11)17)19-23-24-20(28-10-18(26)27)25(19)15-6-4-14(21)5-7-15/h3-9,22H,10H2,1-2H3,(H,26,27)/p-1. The number of benzene rings is 2. The van der Waals surface area contributed by atoms with Gasteiger partial charge in [0.1, 0.15) is 0 Å². The second-order valence-corrected chi connectivity index (χ2v) is 8.27. The Morgan fingerprint density at radius 3 is 2.64 bits per heavy atom. The maximum Gasteiger partial charge on any atom is 0.196 e. The van der Waals surface area contributed by atoms with Gasteiger partial charge in [-0.2, -0.15) is 0 Å². The summed E-state index contributed by atoms with van der Waals surface area (Å²) < 4.78 is 2.82. The van der Waals surface area contributed by atoms with Gasteiger partial charge in [0.15, 0.2) is 11.0 Å².